The molecule has 28 heavy (non-hydrogen) atoms. The van der Waals surface area contributed by atoms with Crippen LogP contribution in [0.2, 0.25) is 0 Å². The van der Waals surface area contributed by atoms with Gasteiger partial charge in [-0.15, -0.1) is 0 Å². The topological polar surface area (TPSA) is 45.5 Å². The van der Waals surface area contributed by atoms with Crippen LogP contribution in [0.5, 0.6) is 0 Å². The summed E-state index contributed by atoms with van der Waals surface area (Å²) >= 11 is 0. The van der Waals surface area contributed by atoms with Crippen LogP contribution in [0.3, 0.4) is 0 Å². The van der Waals surface area contributed by atoms with Crippen LogP contribution in [0.1, 0.15) is 49.2 Å². The second-order valence-electron chi connectivity index (χ2n) is 8.37. The number of furan rings is 1. The molecule has 148 valence electrons. The number of piperidine rings is 1. The minimum absolute atomic E-state index is 0.0436. The minimum atomic E-state index is -0.0436. The third-order valence-electron chi connectivity index (χ3n) is 5.94. The van der Waals surface area contributed by atoms with Gasteiger partial charge in [0.15, 0.2) is 0 Å². The first-order valence-corrected chi connectivity index (χ1v) is 10.5. The summed E-state index contributed by atoms with van der Waals surface area (Å²) in [5.41, 5.74) is 1.36. The molecule has 2 fully saturated rings. The van der Waals surface area contributed by atoms with Crippen LogP contribution in [0.15, 0.2) is 53.0 Å². The van der Waals surface area contributed by atoms with E-state index < -0.39 is 0 Å². The molecule has 4 nitrogen and oxygen atoms in total. The number of carbonyl (C=O) groups is 1. The van der Waals surface area contributed by atoms with E-state index in [0.717, 1.165) is 43.6 Å². The second kappa shape index (κ2) is 8.78. The number of benzene rings is 1. The van der Waals surface area contributed by atoms with Gasteiger partial charge in [0.2, 0.25) is 5.91 Å². The third kappa shape index (κ3) is 5.14. The summed E-state index contributed by atoms with van der Waals surface area (Å²) < 4.78 is 5.82. The van der Waals surface area contributed by atoms with Crippen molar-refractivity contribution in [3.8, 4) is 0 Å². The average Bonchev–Trinajstić information content (AvgIpc) is 3.25. The largest absolute Gasteiger partial charge is 0.461 e. The van der Waals surface area contributed by atoms with E-state index in [-0.39, 0.29) is 5.91 Å². The normalized spacial score (nSPS) is 25.1. The standard InChI is InChI=1S/C24H30N2O2/c1-18-14-22(18)23-11-9-21(28-23)10-12-24(27)25-15-20-8-5-13-26(17-20)16-19-6-3-2-4-7-19/h2-4,6-7,9-12,18,20,22H,5,8,13-17H2,1H3,(H,25,27)/b12-10+. The monoisotopic (exact) mass is 378 g/mol. The Morgan fingerprint density at radius 3 is 2.86 bits per heavy atom. The zero-order valence-corrected chi connectivity index (χ0v) is 16.6. The van der Waals surface area contributed by atoms with Crippen LogP contribution >= 0.6 is 0 Å². The highest BCUT2D eigenvalue weighted by Gasteiger charge is 2.36. The second-order valence-corrected chi connectivity index (χ2v) is 8.37. The van der Waals surface area contributed by atoms with Gasteiger partial charge in [0.05, 0.1) is 0 Å². The lowest BCUT2D eigenvalue weighted by atomic mass is 9.97. The molecule has 1 aromatic heterocycles. The van der Waals surface area contributed by atoms with E-state index in [1.165, 1.54) is 24.8 Å². The van der Waals surface area contributed by atoms with Gasteiger partial charge in [-0.05, 0) is 61.4 Å². The highest BCUT2D eigenvalue weighted by molar-refractivity contribution is 5.91. The van der Waals surface area contributed by atoms with Gasteiger partial charge in [-0.25, -0.2) is 0 Å². The summed E-state index contributed by atoms with van der Waals surface area (Å²) in [7, 11) is 0. The molecule has 3 unspecified atom stereocenters. The van der Waals surface area contributed by atoms with Crippen molar-refractivity contribution in [2.45, 2.75) is 38.6 Å². The molecule has 1 aliphatic heterocycles. The highest BCUT2D eigenvalue weighted by atomic mass is 16.3. The van der Waals surface area contributed by atoms with Gasteiger partial charge in [0.1, 0.15) is 11.5 Å². The van der Waals surface area contributed by atoms with E-state index >= 15 is 0 Å². The number of likely N-dealkylation sites (tertiary alicyclic amines) is 1. The van der Waals surface area contributed by atoms with Crippen molar-refractivity contribution in [2.75, 3.05) is 19.6 Å². The molecule has 1 aromatic carbocycles. The Balaban J connectivity index is 1.21. The number of carbonyl (C=O) groups excluding carboxylic acids is 1. The first-order chi connectivity index (χ1) is 13.7. The first-order valence-electron chi connectivity index (χ1n) is 10.5. The Kier molecular flexibility index (Phi) is 5.96. The summed E-state index contributed by atoms with van der Waals surface area (Å²) in [5.74, 6) is 3.58. The Morgan fingerprint density at radius 1 is 1.25 bits per heavy atom. The number of hydrogen-bond acceptors (Lipinski definition) is 3. The number of hydrogen-bond donors (Lipinski definition) is 1. The van der Waals surface area contributed by atoms with Crippen LogP contribution in [0.4, 0.5) is 0 Å². The van der Waals surface area contributed by atoms with Crippen molar-refractivity contribution in [3.63, 3.8) is 0 Å². The molecule has 1 saturated heterocycles. The van der Waals surface area contributed by atoms with E-state index in [9.17, 15) is 4.79 Å². The maximum absolute atomic E-state index is 12.2. The van der Waals surface area contributed by atoms with Gasteiger partial charge in [0.25, 0.3) is 0 Å². The number of rotatable bonds is 7. The Bertz CT molecular complexity index is 811. The molecule has 3 atom stereocenters. The predicted molar refractivity (Wildman–Crippen MR) is 112 cm³/mol. The SMILES string of the molecule is CC1CC1c1ccc(/C=C/C(=O)NCC2CCCN(Cc3ccccc3)C2)o1. The molecule has 1 amide bonds. The van der Waals surface area contributed by atoms with Crippen molar-refractivity contribution in [1.29, 1.82) is 0 Å². The molecule has 1 N–H and O–H groups in total. The fourth-order valence-corrected chi connectivity index (χ4v) is 4.14. The van der Waals surface area contributed by atoms with Crippen molar-refractivity contribution < 1.29 is 9.21 Å². The van der Waals surface area contributed by atoms with Crippen LogP contribution in [0.25, 0.3) is 6.08 Å². The lowest BCUT2D eigenvalue weighted by Crippen LogP contribution is -2.40. The third-order valence-corrected chi connectivity index (χ3v) is 5.94. The molecule has 0 spiro atoms. The van der Waals surface area contributed by atoms with E-state index in [2.05, 4.69) is 47.5 Å². The quantitative estimate of drug-likeness (QED) is 0.724. The van der Waals surface area contributed by atoms with Gasteiger partial charge in [-0.1, -0.05) is 37.3 Å². The Morgan fingerprint density at radius 2 is 2.07 bits per heavy atom. The van der Waals surface area contributed by atoms with Crippen LogP contribution < -0.4 is 5.32 Å². The molecule has 0 radical (unpaired) electrons. The molecule has 2 aromatic rings. The summed E-state index contributed by atoms with van der Waals surface area (Å²) in [6.07, 6.45) is 6.94. The van der Waals surface area contributed by atoms with Crippen LogP contribution in [-0.2, 0) is 11.3 Å². The fourth-order valence-electron chi connectivity index (χ4n) is 4.14. The van der Waals surface area contributed by atoms with Crippen molar-refractivity contribution in [2.24, 2.45) is 11.8 Å². The maximum Gasteiger partial charge on any atom is 0.244 e. The zero-order chi connectivity index (χ0) is 19.3. The predicted octanol–water partition coefficient (Wildman–Crippen LogP) is 4.44. The molecular weight excluding hydrogens is 348 g/mol. The van der Waals surface area contributed by atoms with E-state index in [1.807, 2.05) is 12.1 Å². The first kappa shape index (κ1) is 19.0. The smallest absolute Gasteiger partial charge is 0.244 e. The Hall–Kier alpha value is -2.33. The van der Waals surface area contributed by atoms with Gasteiger partial charge < -0.3 is 9.73 Å². The van der Waals surface area contributed by atoms with E-state index in [1.54, 1.807) is 12.2 Å². The molecule has 2 aliphatic rings. The molecule has 2 heterocycles. The maximum atomic E-state index is 12.2. The highest BCUT2D eigenvalue weighted by Crippen LogP contribution is 2.47. The van der Waals surface area contributed by atoms with Gasteiger partial charge in [-0.2, -0.15) is 0 Å². The number of nitrogens with zero attached hydrogens (tertiary/aromatic N) is 1. The van der Waals surface area contributed by atoms with Crippen molar-refractivity contribution in [1.82, 2.24) is 10.2 Å². The average molecular weight is 379 g/mol. The zero-order valence-electron chi connectivity index (χ0n) is 16.6. The van der Waals surface area contributed by atoms with Crippen LogP contribution in [-0.4, -0.2) is 30.4 Å². The lowest BCUT2D eigenvalue weighted by Gasteiger charge is -2.32. The molecule has 1 saturated carbocycles. The van der Waals surface area contributed by atoms with Crippen LogP contribution in [0, 0.1) is 11.8 Å². The molecule has 4 heteroatoms. The molecule has 4 rings (SSSR count). The van der Waals surface area contributed by atoms with Crippen molar-refractivity contribution >= 4 is 12.0 Å². The van der Waals surface area contributed by atoms with Gasteiger partial charge >= 0.3 is 0 Å². The van der Waals surface area contributed by atoms with Gasteiger partial charge in [-0.3, -0.25) is 9.69 Å². The number of nitrogens with one attached hydrogen (secondary N) is 1. The van der Waals surface area contributed by atoms with E-state index in [4.69, 9.17) is 4.42 Å². The fraction of sp³-hybridized carbons (Fsp3) is 0.458. The lowest BCUT2D eigenvalue weighted by molar-refractivity contribution is -0.116. The molecule has 0 bridgehead atoms. The van der Waals surface area contributed by atoms with Crippen molar-refractivity contribution in [3.05, 3.63) is 65.6 Å². The number of amides is 1. The minimum Gasteiger partial charge on any atom is -0.461 e. The molecule has 1 aliphatic carbocycles. The van der Waals surface area contributed by atoms with E-state index in [0.29, 0.717) is 11.8 Å². The summed E-state index contributed by atoms with van der Waals surface area (Å²) in [4.78, 5) is 14.7. The Labute approximate surface area is 167 Å². The van der Waals surface area contributed by atoms with Gasteiger partial charge in [0, 0.05) is 31.6 Å². The molecular formula is C24H30N2O2. The summed E-state index contributed by atoms with van der Waals surface area (Å²) in [6.45, 7) is 6.14. The summed E-state index contributed by atoms with van der Waals surface area (Å²) in [5, 5.41) is 3.06. The summed E-state index contributed by atoms with van der Waals surface area (Å²) in [6, 6.07) is 14.6.